The Hall–Kier alpha value is -2.07. The number of fused-ring (bicyclic) bond motifs is 1. The maximum Gasteiger partial charge on any atom is 0.431 e. The lowest BCUT2D eigenvalue weighted by Gasteiger charge is -2.15. The molecule has 0 saturated heterocycles. The van der Waals surface area contributed by atoms with Gasteiger partial charge in [0.2, 0.25) is 10.9 Å². The first-order valence-corrected chi connectivity index (χ1v) is 6.75. The minimum atomic E-state index is -4.66. The molecule has 1 heterocycles. The number of benzene rings is 1. The quantitative estimate of drug-likeness (QED) is 0.582. The molecule has 0 aliphatic heterocycles. The smallest absolute Gasteiger partial charge is 0.340 e. The zero-order valence-corrected chi connectivity index (χ0v) is 11.5. The Kier molecular flexibility index (Phi) is 3.92. The molecule has 114 valence electrons. The molecular weight excluding hydrogens is 311 g/mol. The van der Waals surface area contributed by atoms with E-state index in [1.807, 2.05) is 4.83 Å². The van der Waals surface area contributed by atoms with Crippen molar-refractivity contribution in [2.24, 2.45) is 7.05 Å². The molecule has 0 fully saturated rings. The fraction of sp³-hybridized carbons (Fsp3) is 0.182. The lowest BCUT2D eigenvalue weighted by atomic mass is 10.1. The first-order valence-electron chi connectivity index (χ1n) is 5.57. The van der Waals surface area contributed by atoms with E-state index in [-0.39, 0.29) is 16.6 Å². The van der Waals surface area contributed by atoms with Gasteiger partial charge in [-0.25, -0.2) is 8.42 Å². The van der Waals surface area contributed by atoms with Crippen LogP contribution in [0.15, 0.2) is 29.1 Å². The van der Waals surface area contributed by atoms with Crippen molar-refractivity contribution in [1.29, 1.82) is 0 Å². The fourth-order valence-corrected chi connectivity index (χ4v) is 2.13. The Morgan fingerprint density at radius 3 is 2.43 bits per heavy atom. The summed E-state index contributed by atoms with van der Waals surface area (Å²) in [4.78, 5) is 13.6. The average molecular weight is 321 g/mol. The van der Waals surface area contributed by atoms with Crippen LogP contribution in [0.3, 0.4) is 0 Å². The summed E-state index contributed by atoms with van der Waals surface area (Å²) in [5, 5.41) is 0.0996. The lowest BCUT2D eigenvalue weighted by molar-refractivity contribution is -0.143. The molecule has 0 unspecified atom stereocenters. The SMILES string of the molecule is Cn1c(C(F)(F)F)cc(=O)c2ccc(NN[SH](=O)=O)cc21. The van der Waals surface area contributed by atoms with Gasteiger partial charge >= 0.3 is 6.18 Å². The summed E-state index contributed by atoms with van der Waals surface area (Å²) in [7, 11) is -1.74. The van der Waals surface area contributed by atoms with E-state index in [1.165, 1.54) is 25.2 Å². The van der Waals surface area contributed by atoms with Crippen molar-refractivity contribution in [3.8, 4) is 0 Å². The van der Waals surface area contributed by atoms with E-state index in [2.05, 4.69) is 5.43 Å². The summed E-state index contributed by atoms with van der Waals surface area (Å²) in [5.41, 5.74) is 0.691. The number of hydrogen-bond acceptors (Lipinski definition) is 4. The highest BCUT2D eigenvalue weighted by atomic mass is 32.2. The van der Waals surface area contributed by atoms with E-state index in [0.29, 0.717) is 6.07 Å². The molecule has 0 amide bonds. The molecule has 0 bridgehead atoms. The number of nitrogens with zero attached hydrogens (tertiary/aromatic N) is 1. The molecule has 0 atom stereocenters. The Balaban J connectivity index is 2.64. The van der Waals surface area contributed by atoms with Crippen LogP contribution >= 0.6 is 0 Å². The van der Waals surface area contributed by atoms with Gasteiger partial charge in [0, 0.05) is 18.5 Å². The van der Waals surface area contributed by atoms with Crippen molar-refractivity contribution in [2.75, 3.05) is 5.43 Å². The van der Waals surface area contributed by atoms with Gasteiger partial charge in [-0.15, -0.1) is 4.83 Å². The van der Waals surface area contributed by atoms with Gasteiger partial charge in [0.15, 0.2) is 5.43 Å². The van der Waals surface area contributed by atoms with Crippen LogP contribution in [-0.4, -0.2) is 13.0 Å². The number of anilines is 1. The third-order valence-electron chi connectivity index (χ3n) is 2.84. The molecule has 0 spiro atoms. The van der Waals surface area contributed by atoms with Crippen LogP contribution in [0.5, 0.6) is 0 Å². The molecule has 0 radical (unpaired) electrons. The van der Waals surface area contributed by atoms with Crippen molar-refractivity contribution in [2.45, 2.75) is 6.18 Å². The number of nitrogens with one attached hydrogen (secondary N) is 2. The second-order valence-corrected chi connectivity index (χ2v) is 4.91. The highest BCUT2D eigenvalue weighted by Crippen LogP contribution is 2.30. The number of rotatable bonds is 3. The largest absolute Gasteiger partial charge is 0.431 e. The summed E-state index contributed by atoms with van der Waals surface area (Å²) in [6.07, 6.45) is -4.66. The van der Waals surface area contributed by atoms with Crippen molar-refractivity contribution < 1.29 is 21.6 Å². The van der Waals surface area contributed by atoms with E-state index in [4.69, 9.17) is 0 Å². The Morgan fingerprint density at radius 2 is 1.86 bits per heavy atom. The van der Waals surface area contributed by atoms with Crippen molar-refractivity contribution in [1.82, 2.24) is 9.40 Å². The number of aryl methyl sites for hydroxylation is 1. The van der Waals surface area contributed by atoms with Crippen LogP contribution in [0.4, 0.5) is 18.9 Å². The molecule has 2 rings (SSSR count). The van der Waals surface area contributed by atoms with Crippen LogP contribution in [0.2, 0.25) is 0 Å². The molecule has 2 aromatic rings. The van der Waals surface area contributed by atoms with Crippen LogP contribution in [0.1, 0.15) is 5.69 Å². The Labute approximate surface area is 118 Å². The highest BCUT2D eigenvalue weighted by molar-refractivity contribution is 7.70. The molecular formula is C11H10F3N3O3S. The molecule has 21 heavy (non-hydrogen) atoms. The second kappa shape index (κ2) is 5.37. The Bertz CT molecular complexity index is 819. The number of alkyl halides is 3. The van der Waals surface area contributed by atoms with Gasteiger partial charge in [0.05, 0.1) is 11.2 Å². The molecule has 6 nitrogen and oxygen atoms in total. The van der Waals surface area contributed by atoms with Gasteiger partial charge in [0.1, 0.15) is 5.69 Å². The summed E-state index contributed by atoms with van der Waals surface area (Å²) >= 11 is 0. The summed E-state index contributed by atoms with van der Waals surface area (Å²) in [6, 6.07) is 4.47. The number of hydrazine groups is 1. The number of hydrogen-bond donors (Lipinski definition) is 3. The predicted octanol–water partition coefficient (Wildman–Crippen LogP) is 1.00. The standard InChI is InChI=1S/C11H10F3N3O3S/c1-17-8-4-6(15-16-21(19)20)2-3-7(8)9(18)5-10(17)11(12,13)14/h2-5,15,21H,1H3,(H,16,19,20). The summed E-state index contributed by atoms with van der Waals surface area (Å²) in [5.74, 6) is 0. The predicted molar refractivity (Wildman–Crippen MR) is 71.3 cm³/mol. The van der Waals surface area contributed by atoms with Crippen LogP contribution in [0.25, 0.3) is 10.9 Å². The molecule has 0 saturated carbocycles. The number of halogens is 3. The van der Waals surface area contributed by atoms with E-state index >= 15 is 0 Å². The summed E-state index contributed by atoms with van der Waals surface area (Å²) in [6.45, 7) is 0. The van der Waals surface area contributed by atoms with Gasteiger partial charge in [-0.1, -0.05) is 0 Å². The van der Waals surface area contributed by atoms with Gasteiger partial charge < -0.3 is 9.99 Å². The maximum absolute atomic E-state index is 12.8. The average Bonchev–Trinajstić information content (AvgIpc) is 2.39. The fourth-order valence-electron chi connectivity index (χ4n) is 1.91. The Morgan fingerprint density at radius 1 is 1.19 bits per heavy atom. The highest BCUT2D eigenvalue weighted by Gasteiger charge is 2.34. The summed E-state index contributed by atoms with van der Waals surface area (Å²) < 4.78 is 60.2. The van der Waals surface area contributed by atoms with E-state index in [9.17, 15) is 26.4 Å². The molecule has 1 aromatic heterocycles. The molecule has 10 heteroatoms. The molecule has 0 aliphatic carbocycles. The van der Waals surface area contributed by atoms with Crippen LogP contribution in [0, 0.1) is 0 Å². The maximum atomic E-state index is 12.8. The lowest BCUT2D eigenvalue weighted by Crippen LogP contribution is -2.21. The monoisotopic (exact) mass is 321 g/mol. The van der Waals surface area contributed by atoms with Gasteiger partial charge in [-0.3, -0.25) is 4.79 Å². The van der Waals surface area contributed by atoms with E-state index in [1.54, 1.807) is 0 Å². The van der Waals surface area contributed by atoms with E-state index in [0.717, 1.165) is 4.57 Å². The third-order valence-corrected chi connectivity index (χ3v) is 3.13. The van der Waals surface area contributed by atoms with Crippen molar-refractivity contribution in [3.63, 3.8) is 0 Å². The number of aromatic nitrogens is 1. The molecule has 1 aromatic carbocycles. The first-order chi connectivity index (χ1) is 9.70. The van der Waals surface area contributed by atoms with Gasteiger partial charge in [-0.2, -0.15) is 13.2 Å². The normalized spacial score (nSPS) is 12.0. The second-order valence-electron chi connectivity index (χ2n) is 4.18. The van der Waals surface area contributed by atoms with E-state index < -0.39 is 28.2 Å². The topological polar surface area (TPSA) is 80.2 Å². The van der Waals surface area contributed by atoms with Crippen LogP contribution in [-0.2, 0) is 24.1 Å². The third kappa shape index (κ3) is 3.16. The molecule has 2 N–H and O–H groups in total. The molecule has 0 aliphatic rings. The number of pyridine rings is 1. The minimum absolute atomic E-state index is 0.0303. The van der Waals surface area contributed by atoms with Crippen molar-refractivity contribution in [3.05, 3.63) is 40.2 Å². The van der Waals surface area contributed by atoms with Crippen molar-refractivity contribution >= 4 is 27.5 Å². The van der Waals surface area contributed by atoms with Gasteiger partial charge in [-0.05, 0) is 18.2 Å². The number of thiol groups is 1. The zero-order chi connectivity index (χ0) is 15.8. The zero-order valence-electron chi connectivity index (χ0n) is 10.6. The minimum Gasteiger partial charge on any atom is -0.340 e. The first kappa shape index (κ1) is 15.3. The van der Waals surface area contributed by atoms with Gasteiger partial charge in [0.25, 0.3) is 0 Å². The van der Waals surface area contributed by atoms with Crippen LogP contribution < -0.4 is 15.7 Å².